The van der Waals surface area contributed by atoms with Crippen molar-refractivity contribution < 1.29 is 14.0 Å². The number of ketones is 1. The molecular weight excluding hydrogens is 247 g/mol. The van der Waals surface area contributed by atoms with E-state index in [9.17, 15) is 14.0 Å². The number of primary amides is 1. The summed E-state index contributed by atoms with van der Waals surface area (Å²) >= 11 is 0. The van der Waals surface area contributed by atoms with E-state index in [4.69, 9.17) is 5.73 Å². The van der Waals surface area contributed by atoms with Crippen LogP contribution in [0.4, 0.5) is 4.39 Å². The number of benzene rings is 1. The van der Waals surface area contributed by atoms with E-state index in [0.717, 1.165) is 6.42 Å². The fourth-order valence-corrected chi connectivity index (χ4v) is 2.56. The van der Waals surface area contributed by atoms with Gasteiger partial charge in [-0.25, -0.2) is 4.39 Å². The Kier molecular flexibility index (Phi) is 3.95. The van der Waals surface area contributed by atoms with Crippen LogP contribution in [0.15, 0.2) is 24.3 Å². The van der Waals surface area contributed by atoms with Crippen LogP contribution >= 0.6 is 0 Å². The molecule has 1 fully saturated rings. The molecule has 0 spiro atoms. The van der Waals surface area contributed by atoms with Crippen LogP contribution < -0.4 is 5.73 Å². The highest BCUT2D eigenvalue weighted by Crippen LogP contribution is 2.22. The number of hydrogen-bond donors (Lipinski definition) is 1. The average molecular weight is 264 g/mol. The first-order chi connectivity index (χ1) is 9.00. The fourth-order valence-electron chi connectivity index (χ4n) is 2.56. The molecule has 2 atom stereocenters. The number of likely N-dealkylation sites (tertiary alicyclic amines) is 1. The lowest BCUT2D eigenvalue weighted by molar-refractivity contribution is -0.122. The highest BCUT2D eigenvalue weighted by molar-refractivity contribution is 6.00. The average Bonchev–Trinajstić information content (AvgIpc) is 2.87. The van der Waals surface area contributed by atoms with E-state index in [2.05, 4.69) is 0 Å². The van der Waals surface area contributed by atoms with E-state index in [1.54, 1.807) is 6.92 Å². The van der Waals surface area contributed by atoms with Crippen molar-refractivity contribution in [1.29, 1.82) is 0 Å². The van der Waals surface area contributed by atoms with Crippen molar-refractivity contribution in [1.82, 2.24) is 4.90 Å². The van der Waals surface area contributed by atoms with Crippen molar-refractivity contribution in [3.8, 4) is 0 Å². The summed E-state index contributed by atoms with van der Waals surface area (Å²) in [6.45, 7) is 2.44. The van der Waals surface area contributed by atoms with Gasteiger partial charge in [0.1, 0.15) is 5.82 Å². The third kappa shape index (κ3) is 2.81. The van der Waals surface area contributed by atoms with Crippen molar-refractivity contribution in [2.75, 3.05) is 6.54 Å². The minimum Gasteiger partial charge on any atom is -0.368 e. The van der Waals surface area contributed by atoms with E-state index >= 15 is 0 Å². The number of nitrogens with two attached hydrogens (primary N) is 1. The van der Waals surface area contributed by atoms with E-state index < -0.39 is 11.9 Å². The SMILES string of the molecule is CC(C(=O)c1ccc(F)cc1)N1CCCC1C(N)=O. The lowest BCUT2D eigenvalue weighted by Gasteiger charge is -2.27. The fraction of sp³-hybridized carbons (Fsp3) is 0.429. The lowest BCUT2D eigenvalue weighted by atomic mass is 10.0. The van der Waals surface area contributed by atoms with Crippen molar-refractivity contribution in [3.63, 3.8) is 0 Å². The monoisotopic (exact) mass is 264 g/mol. The molecule has 0 aromatic heterocycles. The van der Waals surface area contributed by atoms with E-state index in [-0.39, 0.29) is 17.6 Å². The molecule has 1 saturated heterocycles. The first-order valence-electron chi connectivity index (χ1n) is 6.35. The molecule has 2 unspecified atom stereocenters. The van der Waals surface area contributed by atoms with Crippen molar-refractivity contribution >= 4 is 11.7 Å². The van der Waals surface area contributed by atoms with Gasteiger partial charge in [0, 0.05) is 5.56 Å². The number of amides is 1. The molecule has 0 bridgehead atoms. The van der Waals surface area contributed by atoms with Crippen molar-refractivity contribution in [3.05, 3.63) is 35.6 Å². The van der Waals surface area contributed by atoms with Gasteiger partial charge in [0.05, 0.1) is 12.1 Å². The molecule has 1 heterocycles. The summed E-state index contributed by atoms with van der Waals surface area (Å²) in [5.74, 6) is -0.884. The number of halogens is 1. The number of hydrogen-bond acceptors (Lipinski definition) is 3. The van der Waals surface area contributed by atoms with Crippen LogP contribution in [0, 0.1) is 5.82 Å². The van der Waals surface area contributed by atoms with Crippen molar-refractivity contribution in [2.24, 2.45) is 5.73 Å². The minimum absolute atomic E-state index is 0.117. The number of nitrogens with zero attached hydrogens (tertiary/aromatic N) is 1. The summed E-state index contributed by atoms with van der Waals surface area (Å²) in [5.41, 5.74) is 5.79. The van der Waals surface area contributed by atoms with Crippen LogP contribution in [0.5, 0.6) is 0 Å². The molecule has 4 nitrogen and oxygen atoms in total. The standard InChI is InChI=1S/C14H17FN2O2/c1-9(17-8-2-3-12(17)14(16)19)13(18)10-4-6-11(15)7-5-10/h4-7,9,12H,2-3,8H2,1H3,(H2,16,19). The Hall–Kier alpha value is -1.75. The highest BCUT2D eigenvalue weighted by atomic mass is 19.1. The van der Waals surface area contributed by atoms with Crippen LogP contribution in [0.2, 0.25) is 0 Å². The Bertz CT molecular complexity index is 487. The number of rotatable bonds is 4. The quantitative estimate of drug-likeness (QED) is 0.835. The van der Waals surface area contributed by atoms with Crippen LogP contribution in [0.1, 0.15) is 30.1 Å². The summed E-state index contributed by atoms with van der Waals surface area (Å²) < 4.78 is 12.8. The van der Waals surface area contributed by atoms with Crippen molar-refractivity contribution in [2.45, 2.75) is 31.8 Å². The van der Waals surface area contributed by atoms with Crippen LogP contribution in [-0.2, 0) is 4.79 Å². The summed E-state index contributed by atoms with van der Waals surface area (Å²) in [6, 6.07) is 4.64. The molecule has 102 valence electrons. The molecule has 1 aromatic carbocycles. The van der Waals surface area contributed by atoms with Crippen LogP contribution in [0.25, 0.3) is 0 Å². The zero-order chi connectivity index (χ0) is 14.0. The van der Waals surface area contributed by atoms with Crippen LogP contribution in [-0.4, -0.2) is 35.2 Å². The van der Waals surface area contributed by atoms with Gasteiger partial charge in [0.25, 0.3) is 0 Å². The first kappa shape index (κ1) is 13.7. The molecule has 2 N–H and O–H groups in total. The van der Waals surface area contributed by atoms with Gasteiger partial charge in [-0.1, -0.05) is 0 Å². The van der Waals surface area contributed by atoms with Crippen LogP contribution in [0.3, 0.4) is 0 Å². The maximum atomic E-state index is 12.8. The zero-order valence-electron chi connectivity index (χ0n) is 10.8. The summed E-state index contributed by atoms with van der Waals surface area (Å²) in [7, 11) is 0. The molecule has 2 rings (SSSR count). The normalized spacial score (nSPS) is 21.3. The zero-order valence-corrected chi connectivity index (χ0v) is 10.8. The van der Waals surface area contributed by atoms with Gasteiger partial charge >= 0.3 is 0 Å². The predicted octanol–water partition coefficient (Wildman–Crippen LogP) is 1.35. The molecule has 5 heteroatoms. The van der Waals surface area contributed by atoms with E-state index in [0.29, 0.717) is 18.5 Å². The molecule has 1 aromatic rings. The number of carbonyl (C=O) groups excluding carboxylic acids is 2. The summed E-state index contributed by atoms with van der Waals surface area (Å²) in [6.07, 6.45) is 1.55. The molecular formula is C14H17FN2O2. The maximum Gasteiger partial charge on any atom is 0.234 e. The van der Waals surface area contributed by atoms with Gasteiger partial charge in [-0.3, -0.25) is 14.5 Å². The molecule has 0 aliphatic carbocycles. The summed E-state index contributed by atoms with van der Waals surface area (Å²) in [4.78, 5) is 25.5. The smallest absolute Gasteiger partial charge is 0.234 e. The van der Waals surface area contributed by atoms with Gasteiger partial charge in [-0.05, 0) is 50.6 Å². The Labute approximate surface area is 111 Å². The van der Waals surface area contributed by atoms with Gasteiger partial charge in [0.15, 0.2) is 5.78 Å². The Morgan fingerprint density at radius 3 is 2.58 bits per heavy atom. The Morgan fingerprint density at radius 1 is 1.37 bits per heavy atom. The third-order valence-corrected chi connectivity index (χ3v) is 3.63. The third-order valence-electron chi connectivity index (χ3n) is 3.63. The van der Waals surface area contributed by atoms with E-state index in [1.165, 1.54) is 24.3 Å². The second-order valence-electron chi connectivity index (χ2n) is 4.85. The van der Waals surface area contributed by atoms with Gasteiger partial charge in [0.2, 0.25) is 5.91 Å². The molecule has 1 amide bonds. The Morgan fingerprint density at radius 2 is 2.00 bits per heavy atom. The maximum absolute atomic E-state index is 12.8. The topological polar surface area (TPSA) is 63.4 Å². The molecule has 19 heavy (non-hydrogen) atoms. The number of carbonyl (C=O) groups is 2. The van der Waals surface area contributed by atoms with Gasteiger partial charge in [-0.15, -0.1) is 0 Å². The molecule has 1 aliphatic heterocycles. The number of Topliss-reactive ketones (excluding diaryl/α,β-unsaturated/α-hetero) is 1. The summed E-state index contributed by atoms with van der Waals surface area (Å²) in [5, 5.41) is 0. The Balaban J connectivity index is 2.14. The first-order valence-corrected chi connectivity index (χ1v) is 6.35. The minimum atomic E-state index is -0.425. The van der Waals surface area contributed by atoms with Gasteiger partial charge in [-0.2, -0.15) is 0 Å². The second-order valence-corrected chi connectivity index (χ2v) is 4.85. The second kappa shape index (κ2) is 5.48. The highest BCUT2D eigenvalue weighted by Gasteiger charge is 2.35. The largest absolute Gasteiger partial charge is 0.368 e. The predicted molar refractivity (Wildman–Crippen MR) is 69.1 cm³/mol. The van der Waals surface area contributed by atoms with Gasteiger partial charge < -0.3 is 5.73 Å². The molecule has 1 aliphatic rings. The van der Waals surface area contributed by atoms with E-state index in [1.807, 2.05) is 4.90 Å². The molecule has 0 saturated carbocycles. The lowest BCUT2D eigenvalue weighted by Crippen LogP contribution is -2.47. The molecule has 0 radical (unpaired) electrons.